The van der Waals surface area contributed by atoms with Crippen molar-refractivity contribution in [2.24, 2.45) is 0 Å². The lowest BCUT2D eigenvalue weighted by molar-refractivity contribution is 0.0945. The Morgan fingerprint density at radius 1 is 1.30 bits per heavy atom. The summed E-state index contributed by atoms with van der Waals surface area (Å²) in [6.07, 6.45) is 2.52. The lowest BCUT2D eigenvalue weighted by Crippen LogP contribution is -2.33. The van der Waals surface area contributed by atoms with Gasteiger partial charge in [-0.3, -0.25) is 4.79 Å². The summed E-state index contributed by atoms with van der Waals surface area (Å²) < 4.78 is 0. The third-order valence-corrected chi connectivity index (χ3v) is 4.85. The van der Waals surface area contributed by atoms with Gasteiger partial charge in [-0.2, -0.15) is 0 Å². The highest BCUT2D eigenvalue weighted by molar-refractivity contribution is 7.14. The third kappa shape index (κ3) is 4.43. The van der Waals surface area contributed by atoms with Gasteiger partial charge >= 0.3 is 0 Å². The number of carbonyl (C=O) groups excluding carboxylic acids is 1. The van der Waals surface area contributed by atoms with Crippen LogP contribution in [0.15, 0.2) is 29.6 Å². The number of benzene rings is 1. The zero-order valence-corrected chi connectivity index (χ0v) is 14.3. The lowest BCUT2D eigenvalue weighted by Gasteiger charge is -2.14. The van der Waals surface area contributed by atoms with Crippen LogP contribution in [0.3, 0.4) is 0 Å². The number of nitrogens with zero attached hydrogens (tertiary/aromatic N) is 2. The summed E-state index contributed by atoms with van der Waals surface area (Å²) in [6.45, 7) is 3.83. The van der Waals surface area contributed by atoms with Gasteiger partial charge in [0.25, 0.3) is 5.91 Å². The summed E-state index contributed by atoms with van der Waals surface area (Å²) in [6, 6.07) is 7.45. The first-order valence-corrected chi connectivity index (χ1v) is 8.96. The number of anilines is 2. The number of likely N-dealkylation sites (tertiary alicyclic amines) is 1. The van der Waals surface area contributed by atoms with Crippen molar-refractivity contribution >= 4 is 39.7 Å². The number of thiazole rings is 1. The van der Waals surface area contributed by atoms with E-state index in [1.807, 2.05) is 24.3 Å². The average Bonchev–Trinajstić information content (AvgIpc) is 3.21. The van der Waals surface area contributed by atoms with Crippen LogP contribution in [0.1, 0.15) is 23.3 Å². The Morgan fingerprint density at radius 2 is 2.09 bits per heavy atom. The van der Waals surface area contributed by atoms with E-state index in [4.69, 9.17) is 11.6 Å². The maximum atomic E-state index is 12.1. The molecule has 3 rings (SSSR count). The zero-order valence-electron chi connectivity index (χ0n) is 12.7. The van der Waals surface area contributed by atoms with Crippen molar-refractivity contribution in [1.82, 2.24) is 15.2 Å². The SMILES string of the molecule is O=C(NCCN1CCCC1)c1csc(Nc2ccccc2Cl)n1. The monoisotopic (exact) mass is 350 g/mol. The number of aromatic nitrogens is 1. The second kappa shape index (κ2) is 7.77. The second-order valence-electron chi connectivity index (χ2n) is 5.45. The molecule has 1 saturated heterocycles. The molecule has 7 heteroatoms. The van der Waals surface area contributed by atoms with Crippen molar-refractivity contribution in [2.75, 3.05) is 31.5 Å². The molecule has 1 aliphatic heterocycles. The van der Waals surface area contributed by atoms with Gasteiger partial charge in [0.2, 0.25) is 0 Å². The van der Waals surface area contributed by atoms with E-state index in [0.717, 1.165) is 25.3 Å². The fourth-order valence-corrected chi connectivity index (χ4v) is 3.42. The fourth-order valence-electron chi connectivity index (χ4n) is 2.54. The molecule has 1 aliphatic rings. The Labute approximate surface area is 144 Å². The summed E-state index contributed by atoms with van der Waals surface area (Å²) in [5.74, 6) is -0.132. The van der Waals surface area contributed by atoms with E-state index >= 15 is 0 Å². The molecule has 0 unspecified atom stereocenters. The van der Waals surface area contributed by atoms with Crippen LogP contribution in [0.25, 0.3) is 0 Å². The number of para-hydroxylation sites is 1. The van der Waals surface area contributed by atoms with Crippen LogP contribution >= 0.6 is 22.9 Å². The van der Waals surface area contributed by atoms with Crippen LogP contribution in [0.5, 0.6) is 0 Å². The molecule has 2 heterocycles. The first-order valence-electron chi connectivity index (χ1n) is 7.70. The first kappa shape index (κ1) is 16.2. The Bertz CT molecular complexity index is 670. The highest BCUT2D eigenvalue weighted by Gasteiger charge is 2.13. The van der Waals surface area contributed by atoms with Crippen LogP contribution in [0, 0.1) is 0 Å². The maximum absolute atomic E-state index is 12.1. The van der Waals surface area contributed by atoms with Crippen molar-refractivity contribution in [3.63, 3.8) is 0 Å². The molecule has 5 nitrogen and oxygen atoms in total. The topological polar surface area (TPSA) is 57.3 Å². The zero-order chi connectivity index (χ0) is 16.1. The predicted octanol–water partition coefficient (Wildman–Crippen LogP) is 3.37. The molecular formula is C16H19ClN4OS. The van der Waals surface area contributed by atoms with E-state index < -0.39 is 0 Å². The molecule has 0 spiro atoms. The summed E-state index contributed by atoms with van der Waals surface area (Å²) in [7, 11) is 0. The fraction of sp³-hybridized carbons (Fsp3) is 0.375. The lowest BCUT2D eigenvalue weighted by atomic mass is 10.3. The summed E-state index contributed by atoms with van der Waals surface area (Å²) >= 11 is 7.49. The first-order chi connectivity index (χ1) is 11.2. The molecule has 23 heavy (non-hydrogen) atoms. The average molecular weight is 351 g/mol. The molecule has 2 N–H and O–H groups in total. The van der Waals surface area contributed by atoms with Crippen LogP contribution in [-0.4, -0.2) is 42.0 Å². The number of nitrogens with one attached hydrogen (secondary N) is 2. The Morgan fingerprint density at radius 3 is 2.87 bits per heavy atom. The van der Waals surface area contributed by atoms with E-state index in [0.29, 0.717) is 22.4 Å². The van der Waals surface area contributed by atoms with Crippen molar-refractivity contribution < 1.29 is 4.79 Å². The third-order valence-electron chi connectivity index (χ3n) is 3.76. The van der Waals surface area contributed by atoms with Gasteiger partial charge in [-0.05, 0) is 38.1 Å². The molecule has 1 amide bonds. The highest BCUT2D eigenvalue weighted by Crippen LogP contribution is 2.26. The van der Waals surface area contributed by atoms with Gasteiger partial charge in [-0.15, -0.1) is 11.3 Å². The van der Waals surface area contributed by atoms with Crippen LogP contribution in [0.2, 0.25) is 5.02 Å². The molecule has 0 radical (unpaired) electrons. The van der Waals surface area contributed by atoms with Crippen LogP contribution in [-0.2, 0) is 0 Å². The minimum Gasteiger partial charge on any atom is -0.349 e. The normalized spacial score (nSPS) is 14.8. The number of hydrogen-bond acceptors (Lipinski definition) is 5. The second-order valence-corrected chi connectivity index (χ2v) is 6.71. The molecule has 0 aliphatic carbocycles. The Balaban J connectivity index is 1.51. The molecule has 1 fully saturated rings. The van der Waals surface area contributed by atoms with E-state index in [9.17, 15) is 4.79 Å². The minimum atomic E-state index is -0.132. The van der Waals surface area contributed by atoms with Gasteiger partial charge in [0.1, 0.15) is 5.69 Å². The van der Waals surface area contributed by atoms with E-state index in [1.165, 1.54) is 24.2 Å². The molecule has 0 saturated carbocycles. The van der Waals surface area contributed by atoms with Crippen molar-refractivity contribution in [3.05, 3.63) is 40.4 Å². The van der Waals surface area contributed by atoms with E-state index in [2.05, 4.69) is 20.5 Å². The highest BCUT2D eigenvalue weighted by atomic mass is 35.5. The van der Waals surface area contributed by atoms with Gasteiger partial charge < -0.3 is 15.5 Å². The number of hydrogen-bond donors (Lipinski definition) is 2. The quantitative estimate of drug-likeness (QED) is 0.838. The number of carbonyl (C=O) groups is 1. The Kier molecular flexibility index (Phi) is 5.48. The molecule has 1 aromatic heterocycles. The maximum Gasteiger partial charge on any atom is 0.270 e. The van der Waals surface area contributed by atoms with Crippen LogP contribution in [0.4, 0.5) is 10.8 Å². The van der Waals surface area contributed by atoms with Gasteiger partial charge in [0.05, 0.1) is 10.7 Å². The van der Waals surface area contributed by atoms with Gasteiger partial charge in [-0.1, -0.05) is 23.7 Å². The Hall–Kier alpha value is -1.63. The molecule has 0 atom stereocenters. The van der Waals surface area contributed by atoms with Crippen molar-refractivity contribution in [3.8, 4) is 0 Å². The summed E-state index contributed by atoms with van der Waals surface area (Å²) in [5, 5.41) is 9.09. The van der Waals surface area contributed by atoms with Crippen molar-refractivity contribution in [1.29, 1.82) is 0 Å². The predicted molar refractivity (Wildman–Crippen MR) is 94.9 cm³/mol. The van der Waals surface area contributed by atoms with E-state index in [-0.39, 0.29) is 5.91 Å². The molecular weight excluding hydrogens is 332 g/mol. The number of halogens is 1. The number of amides is 1. The van der Waals surface area contributed by atoms with Crippen molar-refractivity contribution in [2.45, 2.75) is 12.8 Å². The minimum absolute atomic E-state index is 0.132. The smallest absolute Gasteiger partial charge is 0.270 e. The number of rotatable bonds is 6. The van der Waals surface area contributed by atoms with E-state index in [1.54, 1.807) is 5.38 Å². The summed E-state index contributed by atoms with van der Waals surface area (Å²) in [5.41, 5.74) is 1.22. The summed E-state index contributed by atoms with van der Waals surface area (Å²) in [4.78, 5) is 18.8. The standard InChI is InChI=1S/C16H19ClN4OS/c17-12-5-1-2-6-13(12)19-16-20-14(11-23-16)15(22)18-7-10-21-8-3-4-9-21/h1-2,5-6,11H,3-4,7-10H2,(H,18,22)(H,19,20). The van der Waals surface area contributed by atoms with Gasteiger partial charge in [0.15, 0.2) is 5.13 Å². The van der Waals surface area contributed by atoms with Crippen LogP contribution < -0.4 is 10.6 Å². The molecule has 1 aromatic carbocycles. The van der Waals surface area contributed by atoms with Gasteiger partial charge in [-0.25, -0.2) is 4.98 Å². The molecule has 122 valence electrons. The molecule has 2 aromatic rings. The van der Waals surface area contributed by atoms with Gasteiger partial charge in [0, 0.05) is 18.5 Å². The largest absolute Gasteiger partial charge is 0.349 e. The molecule has 0 bridgehead atoms.